The van der Waals surface area contributed by atoms with Crippen molar-refractivity contribution in [1.82, 2.24) is 0 Å². The van der Waals surface area contributed by atoms with Crippen molar-refractivity contribution < 1.29 is 24.9 Å². The molecule has 2 rings (SSSR count). The van der Waals surface area contributed by atoms with Gasteiger partial charge in [0.1, 0.15) is 0 Å². The first-order chi connectivity index (χ1) is 11.9. The first kappa shape index (κ1) is 18.7. The minimum absolute atomic E-state index is 0.0399. The minimum Gasteiger partial charge on any atom is -0.478 e. The van der Waals surface area contributed by atoms with Crippen molar-refractivity contribution in [3.63, 3.8) is 0 Å². The Morgan fingerprint density at radius 2 is 1.36 bits per heavy atom. The summed E-state index contributed by atoms with van der Waals surface area (Å²) in [5, 5.41) is 27.5. The fraction of sp³-hybridized carbons (Fsp3) is 0.300. The molecule has 0 aliphatic rings. The molecule has 25 heavy (non-hydrogen) atoms. The number of aliphatic hydroxyl groups is 1. The first-order valence-corrected chi connectivity index (χ1v) is 8.17. The summed E-state index contributed by atoms with van der Waals surface area (Å²) < 4.78 is 0. The van der Waals surface area contributed by atoms with Crippen LogP contribution in [0.2, 0.25) is 0 Å². The molecular weight excluding hydrogens is 320 g/mol. The van der Waals surface area contributed by atoms with E-state index in [9.17, 15) is 14.7 Å². The number of rotatable bonds is 8. The normalized spacial score (nSPS) is 13.2. The average Bonchev–Trinajstić information content (AvgIpc) is 2.61. The molecule has 0 aliphatic heterocycles. The van der Waals surface area contributed by atoms with E-state index in [1.165, 1.54) is 0 Å². The van der Waals surface area contributed by atoms with Gasteiger partial charge in [-0.25, -0.2) is 9.59 Å². The molecule has 2 unspecified atom stereocenters. The van der Waals surface area contributed by atoms with Crippen molar-refractivity contribution in [2.75, 3.05) is 6.61 Å². The smallest absolute Gasteiger partial charge is 0.335 e. The van der Waals surface area contributed by atoms with Crippen LogP contribution in [0.3, 0.4) is 0 Å². The third-order valence-corrected chi connectivity index (χ3v) is 4.40. The lowest BCUT2D eigenvalue weighted by Gasteiger charge is -2.20. The second-order valence-electron chi connectivity index (χ2n) is 6.32. The van der Waals surface area contributed by atoms with Crippen molar-refractivity contribution in [1.29, 1.82) is 0 Å². The lowest BCUT2D eigenvalue weighted by Crippen LogP contribution is -2.13. The molecule has 2 atom stereocenters. The molecule has 0 aliphatic carbocycles. The van der Waals surface area contributed by atoms with E-state index < -0.39 is 11.9 Å². The predicted molar refractivity (Wildman–Crippen MR) is 94.1 cm³/mol. The molecule has 0 aromatic heterocycles. The van der Waals surface area contributed by atoms with E-state index in [0.717, 1.165) is 17.5 Å². The van der Waals surface area contributed by atoms with E-state index in [2.05, 4.69) is 0 Å². The molecule has 0 fully saturated rings. The highest BCUT2D eigenvalue weighted by Gasteiger charge is 2.16. The third kappa shape index (κ3) is 5.16. The SMILES string of the molecule is CC(CC(CO)Cc1ccc(C(=O)O)cc1)c1ccc(C(=O)O)cc1. The molecule has 0 saturated carbocycles. The van der Waals surface area contributed by atoms with Gasteiger partial charge in [-0.05, 0) is 60.1 Å². The standard InChI is InChI=1S/C20H22O5/c1-13(16-6-8-18(9-7-16)20(24)25)10-15(12-21)11-14-2-4-17(5-3-14)19(22)23/h2-9,13,15,21H,10-12H2,1H3,(H,22,23)(H,24,25). The van der Waals surface area contributed by atoms with Crippen LogP contribution in [0.1, 0.15) is 51.1 Å². The Kier molecular flexibility index (Phi) is 6.31. The minimum atomic E-state index is -0.955. The van der Waals surface area contributed by atoms with Gasteiger partial charge in [-0.1, -0.05) is 31.2 Å². The molecule has 132 valence electrons. The zero-order chi connectivity index (χ0) is 18.4. The van der Waals surface area contributed by atoms with Gasteiger partial charge in [0.15, 0.2) is 0 Å². The molecular formula is C20H22O5. The van der Waals surface area contributed by atoms with Gasteiger partial charge in [0, 0.05) is 6.61 Å². The van der Waals surface area contributed by atoms with Crippen molar-refractivity contribution in [3.05, 3.63) is 70.8 Å². The van der Waals surface area contributed by atoms with Crippen LogP contribution in [0, 0.1) is 5.92 Å². The van der Waals surface area contributed by atoms with Crippen LogP contribution < -0.4 is 0 Å². The Labute approximate surface area is 146 Å². The lowest BCUT2D eigenvalue weighted by atomic mass is 9.86. The first-order valence-electron chi connectivity index (χ1n) is 8.17. The lowest BCUT2D eigenvalue weighted by molar-refractivity contribution is 0.0686. The van der Waals surface area contributed by atoms with Crippen molar-refractivity contribution in [2.45, 2.75) is 25.7 Å². The third-order valence-electron chi connectivity index (χ3n) is 4.40. The summed E-state index contributed by atoms with van der Waals surface area (Å²) in [4.78, 5) is 21.8. The summed E-state index contributed by atoms with van der Waals surface area (Å²) in [7, 11) is 0. The Morgan fingerprint density at radius 1 is 0.880 bits per heavy atom. The Balaban J connectivity index is 2.00. The van der Waals surface area contributed by atoms with Crippen LogP contribution >= 0.6 is 0 Å². The summed E-state index contributed by atoms with van der Waals surface area (Å²) in [6.45, 7) is 2.09. The highest BCUT2D eigenvalue weighted by atomic mass is 16.4. The van der Waals surface area contributed by atoms with E-state index in [1.54, 1.807) is 36.4 Å². The van der Waals surface area contributed by atoms with E-state index in [-0.39, 0.29) is 29.6 Å². The van der Waals surface area contributed by atoms with Gasteiger partial charge in [-0.2, -0.15) is 0 Å². The molecule has 3 N–H and O–H groups in total. The maximum atomic E-state index is 10.9. The zero-order valence-corrected chi connectivity index (χ0v) is 14.1. The summed E-state index contributed by atoms with van der Waals surface area (Å²) in [6, 6.07) is 13.5. The Morgan fingerprint density at radius 3 is 1.80 bits per heavy atom. The number of aromatic carboxylic acids is 2. The highest BCUT2D eigenvalue weighted by Crippen LogP contribution is 2.26. The van der Waals surface area contributed by atoms with Crippen LogP contribution in [0.4, 0.5) is 0 Å². The second kappa shape index (κ2) is 8.44. The number of benzene rings is 2. The summed E-state index contributed by atoms with van der Waals surface area (Å²) in [5.41, 5.74) is 2.52. The molecule has 0 amide bonds. The van der Waals surface area contributed by atoms with Crippen molar-refractivity contribution in [2.24, 2.45) is 5.92 Å². The summed E-state index contributed by atoms with van der Waals surface area (Å²) in [6.07, 6.45) is 1.41. The molecule has 2 aromatic rings. The molecule has 2 aromatic carbocycles. The number of carbonyl (C=O) groups is 2. The van der Waals surface area contributed by atoms with Crippen LogP contribution in [0.25, 0.3) is 0 Å². The maximum Gasteiger partial charge on any atom is 0.335 e. The van der Waals surface area contributed by atoms with Gasteiger partial charge in [-0.15, -0.1) is 0 Å². The number of carboxylic acid groups (broad SMARTS) is 2. The maximum absolute atomic E-state index is 10.9. The molecule has 0 radical (unpaired) electrons. The molecule has 0 saturated heterocycles. The zero-order valence-electron chi connectivity index (χ0n) is 14.1. The van der Waals surface area contributed by atoms with Gasteiger partial charge in [0.25, 0.3) is 0 Å². The molecule has 0 bridgehead atoms. The van der Waals surface area contributed by atoms with E-state index in [4.69, 9.17) is 10.2 Å². The van der Waals surface area contributed by atoms with Gasteiger partial charge < -0.3 is 15.3 Å². The van der Waals surface area contributed by atoms with Crippen molar-refractivity contribution >= 4 is 11.9 Å². The van der Waals surface area contributed by atoms with Gasteiger partial charge in [0.05, 0.1) is 11.1 Å². The quantitative estimate of drug-likeness (QED) is 0.683. The fourth-order valence-corrected chi connectivity index (χ4v) is 2.93. The molecule has 5 heteroatoms. The van der Waals surface area contributed by atoms with Crippen LogP contribution in [-0.4, -0.2) is 33.9 Å². The van der Waals surface area contributed by atoms with E-state index >= 15 is 0 Å². The fourth-order valence-electron chi connectivity index (χ4n) is 2.93. The van der Waals surface area contributed by atoms with Crippen LogP contribution in [-0.2, 0) is 6.42 Å². The van der Waals surface area contributed by atoms with Gasteiger partial charge in [0.2, 0.25) is 0 Å². The second-order valence-corrected chi connectivity index (χ2v) is 6.32. The van der Waals surface area contributed by atoms with Gasteiger partial charge in [-0.3, -0.25) is 0 Å². The number of hydrogen-bond donors (Lipinski definition) is 3. The number of hydrogen-bond acceptors (Lipinski definition) is 3. The molecule has 0 spiro atoms. The topological polar surface area (TPSA) is 94.8 Å². The summed E-state index contributed by atoms with van der Waals surface area (Å²) >= 11 is 0. The van der Waals surface area contributed by atoms with Gasteiger partial charge >= 0.3 is 11.9 Å². The Bertz CT molecular complexity index is 719. The summed E-state index contributed by atoms with van der Waals surface area (Å²) in [5.74, 6) is -1.68. The van der Waals surface area contributed by atoms with E-state index in [1.807, 2.05) is 19.1 Å². The number of carboxylic acids is 2. The van der Waals surface area contributed by atoms with Crippen LogP contribution in [0.5, 0.6) is 0 Å². The van der Waals surface area contributed by atoms with Crippen LogP contribution in [0.15, 0.2) is 48.5 Å². The average molecular weight is 342 g/mol. The van der Waals surface area contributed by atoms with E-state index in [0.29, 0.717) is 6.42 Å². The largest absolute Gasteiger partial charge is 0.478 e. The molecule has 5 nitrogen and oxygen atoms in total. The predicted octanol–water partition coefficient (Wildman–Crippen LogP) is 3.43. The highest BCUT2D eigenvalue weighted by molar-refractivity contribution is 5.88. The monoisotopic (exact) mass is 342 g/mol. The molecule has 0 heterocycles. The Hall–Kier alpha value is -2.66. The number of aliphatic hydroxyl groups excluding tert-OH is 1. The van der Waals surface area contributed by atoms with Crippen molar-refractivity contribution in [3.8, 4) is 0 Å².